The molecule has 0 spiro atoms. The van der Waals surface area contributed by atoms with Crippen molar-refractivity contribution in [3.8, 4) is 11.3 Å². The number of hydrogen-bond acceptors (Lipinski definition) is 6. The quantitative estimate of drug-likeness (QED) is 0.223. The van der Waals surface area contributed by atoms with Crippen LogP contribution in [-0.4, -0.2) is 31.3 Å². The van der Waals surface area contributed by atoms with Gasteiger partial charge in [-0.1, -0.05) is 45.4 Å². The first kappa shape index (κ1) is 27.8. The lowest BCUT2D eigenvalue weighted by Crippen LogP contribution is -2.12. The fraction of sp³-hybridized carbons (Fsp3) is 0.385. The maximum absolute atomic E-state index is 13.1. The van der Waals surface area contributed by atoms with E-state index in [-0.39, 0.29) is 12.3 Å². The van der Waals surface area contributed by atoms with E-state index in [0.29, 0.717) is 33.6 Å². The Morgan fingerprint density at radius 2 is 1.86 bits per heavy atom. The summed E-state index contributed by atoms with van der Waals surface area (Å²) in [4.78, 5) is 22.1. The summed E-state index contributed by atoms with van der Waals surface area (Å²) in [5, 5.41) is 1.52. The Labute approximate surface area is 219 Å². The lowest BCUT2D eigenvalue weighted by molar-refractivity contribution is 0.148. The van der Waals surface area contributed by atoms with E-state index in [0.717, 1.165) is 33.5 Å². The van der Waals surface area contributed by atoms with Crippen molar-refractivity contribution in [2.24, 2.45) is 0 Å². The van der Waals surface area contributed by atoms with E-state index in [1.807, 2.05) is 52.9 Å². The smallest absolute Gasteiger partial charge is 0.242 e. The van der Waals surface area contributed by atoms with E-state index in [9.17, 15) is 8.78 Å². The van der Waals surface area contributed by atoms with Crippen LogP contribution in [0.2, 0.25) is 5.02 Å². The van der Waals surface area contributed by atoms with Crippen LogP contribution >= 0.6 is 23.5 Å². The summed E-state index contributed by atoms with van der Waals surface area (Å²) in [6.07, 6.45) is 3.30. The van der Waals surface area contributed by atoms with Crippen molar-refractivity contribution in [3.63, 3.8) is 0 Å². The summed E-state index contributed by atoms with van der Waals surface area (Å²) in [6.45, 7) is 11.6. The lowest BCUT2D eigenvalue weighted by Gasteiger charge is -2.17. The van der Waals surface area contributed by atoms with Gasteiger partial charge < -0.3 is 4.98 Å². The molecule has 4 rings (SSSR count). The molecule has 0 aliphatic rings. The number of alkyl halides is 2. The Kier molecular flexibility index (Phi) is 9.62. The summed E-state index contributed by atoms with van der Waals surface area (Å²) in [6, 6.07) is 3.77. The molecule has 6 nitrogen and oxygen atoms in total. The predicted octanol–water partition coefficient (Wildman–Crippen LogP) is 8.15. The standard InChI is InChI=1S/C24H25ClF2N6S.C2H6/c1-5-12(2)22-16(8-20(26)27)14(4)31-24(32-22)33-34-19-11-30-23-15(19)6-7-17(25)21(23)18-10-28-13(3)9-29-18;1-2/h6-7,9-12,20,30H,5,8H2,1-4H3,(H,31,32,33);1-2H3. The molecule has 0 aliphatic carbocycles. The molecule has 3 aromatic heterocycles. The van der Waals surface area contributed by atoms with Crippen molar-refractivity contribution >= 4 is 40.4 Å². The number of anilines is 1. The molecule has 192 valence electrons. The molecule has 0 fully saturated rings. The molecule has 0 bridgehead atoms. The number of aromatic amines is 1. The summed E-state index contributed by atoms with van der Waals surface area (Å²) < 4.78 is 29.5. The number of aromatic nitrogens is 5. The Bertz CT molecular complexity index is 1310. The lowest BCUT2D eigenvalue weighted by atomic mass is 9.97. The first-order valence-corrected chi connectivity index (χ1v) is 13.1. The normalized spacial score (nSPS) is 11.9. The van der Waals surface area contributed by atoms with Crippen LogP contribution in [0.3, 0.4) is 0 Å². The topological polar surface area (TPSA) is 79.4 Å². The zero-order valence-electron chi connectivity index (χ0n) is 21.3. The van der Waals surface area contributed by atoms with Gasteiger partial charge in [-0.25, -0.2) is 18.7 Å². The molecule has 10 heteroatoms. The number of H-pyrrole nitrogens is 1. The third-order valence-electron chi connectivity index (χ3n) is 5.74. The van der Waals surface area contributed by atoms with Crippen LogP contribution in [-0.2, 0) is 6.42 Å². The van der Waals surface area contributed by atoms with Crippen molar-refractivity contribution in [1.29, 1.82) is 0 Å². The van der Waals surface area contributed by atoms with Crippen LogP contribution in [0.1, 0.15) is 62.7 Å². The Hall–Kier alpha value is -2.78. The Morgan fingerprint density at radius 1 is 1.11 bits per heavy atom. The summed E-state index contributed by atoms with van der Waals surface area (Å²) in [5.41, 5.74) is 4.90. The molecular formula is C26H31ClF2N6S. The second-order valence-corrected chi connectivity index (χ2v) is 9.40. The third-order valence-corrected chi connectivity index (χ3v) is 6.90. The largest absolute Gasteiger partial charge is 0.359 e. The number of hydrogen-bond donors (Lipinski definition) is 2. The number of nitrogens with one attached hydrogen (secondary N) is 2. The van der Waals surface area contributed by atoms with Crippen LogP contribution in [0.5, 0.6) is 0 Å². The Balaban J connectivity index is 0.00000176. The van der Waals surface area contributed by atoms with Gasteiger partial charge in [0.1, 0.15) is 0 Å². The molecule has 1 aromatic carbocycles. The second-order valence-electron chi connectivity index (χ2n) is 8.15. The van der Waals surface area contributed by atoms with Gasteiger partial charge in [0.05, 0.1) is 38.7 Å². The highest BCUT2D eigenvalue weighted by molar-refractivity contribution is 8.00. The van der Waals surface area contributed by atoms with Gasteiger partial charge in [-0.3, -0.25) is 14.7 Å². The van der Waals surface area contributed by atoms with Crippen molar-refractivity contribution in [2.75, 3.05) is 4.72 Å². The summed E-state index contributed by atoms with van der Waals surface area (Å²) >= 11 is 7.85. The molecule has 0 saturated heterocycles. The van der Waals surface area contributed by atoms with Gasteiger partial charge in [0.2, 0.25) is 12.4 Å². The minimum Gasteiger partial charge on any atom is -0.359 e. The molecule has 0 saturated carbocycles. The number of rotatable bonds is 8. The average molecular weight is 533 g/mol. The van der Waals surface area contributed by atoms with Crippen LogP contribution in [0, 0.1) is 13.8 Å². The van der Waals surface area contributed by atoms with Crippen LogP contribution in [0.4, 0.5) is 14.7 Å². The second kappa shape index (κ2) is 12.5. The molecule has 4 aromatic rings. The molecular weight excluding hydrogens is 502 g/mol. The van der Waals surface area contributed by atoms with Gasteiger partial charge in [-0.15, -0.1) is 0 Å². The molecule has 3 heterocycles. The van der Waals surface area contributed by atoms with Crippen molar-refractivity contribution in [2.45, 2.75) is 71.6 Å². The van der Waals surface area contributed by atoms with Gasteiger partial charge in [-0.2, -0.15) is 0 Å². The highest BCUT2D eigenvalue weighted by Gasteiger charge is 2.20. The average Bonchev–Trinajstić information content (AvgIpc) is 3.28. The number of benzene rings is 1. The number of halogens is 3. The van der Waals surface area contributed by atoms with Gasteiger partial charge in [0, 0.05) is 41.0 Å². The fourth-order valence-electron chi connectivity index (χ4n) is 3.78. The summed E-state index contributed by atoms with van der Waals surface area (Å²) in [5.74, 6) is 0.443. The van der Waals surface area contributed by atoms with Gasteiger partial charge in [-0.05, 0) is 44.2 Å². The minimum atomic E-state index is -2.44. The molecule has 0 amide bonds. The van der Waals surface area contributed by atoms with E-state index < -0.39 is 6.43 Å². The van der Waals surface area contributed by atoms with Gasteiger partial charge in [0.15, 0.2) is 0 Å². The monoisotopic (exact) mass is 532 g/mol. The molecule has 1 unspecified atom stereocenters. The predicted molar refractivity (Wildman–Crippen MR) is 145 cm³/mol. The van der Waals surface area contributed by atoms with Gasteiger partial charge in [0.25, 0.3) is 0 Å². The third kappa shape index (κ3) is 6.13. The van der Waals surface area contributed by atoms with E-state index in [1.54, 1.807) is 19.3 Å². The maximum Gasteiger partial charge on any atom is 0.242 e. The van der Waals surface area contributed by atoms with E-state index in [4.69, 9.17) is 11.6 Å². The van der Waals surface area contributed by atoms with Crippen LogP contribution in [0.15, 0.2) is 35.6 Å². The van der Waals surface area contributed by atoms with Crippen LogP contribution in [0.25, 0.3) is 22.2 Å². The highest BCUT2D eigenvalue weighted by atomic mass is 35.5. The highest BCUT2D eigenvalue weighted by Crippen LogP contribution is 2.38. The van der Waals surface area contributed by atoms with Gasteiger partial charge >= 0.3 is 0 Å². The SMILES string of the molecule is CC.CCC(C)c1nc(NSc2c[nH]c3c(-c4cnc(C)cn4)c(Cl)ccc23)nc(C)c1CC(F)F. The number of fused-ring (bicyclic) bond motifs is 1. The van der Waals surface area contributed by atoms with Crippen LogP contribution < -0.4 is 4.72 Å². The van der Waals surface area contributed by atoms with E-state index in [1.165, 1.54) is 11.9 Å². The molecule has 0 aliphatic heterocycles. The van der Waals surface area contributed by atoms with E-state index >= 15 is 0 Å². The minimum absolute atomic E-state index is 0.0504. The molecule has 36 heavy (non-hydrogen) atoms. The maximum atomic E-state index is 13.1. The number of nitrogens with zero attached hydrogens (tertiary/aromatic N) is 4. The first-order chi connectivity index (χ1) is 17.3. The summed E-state index contributed by atoms with van der Waals surface area (Å²) in [7, 11) is 0. The number of aryl methyl sites for hydroxylation is 2. The van der Waals surface area contributed by atoms with Crippen molar-refractivity contribution < 1.29 is 8.78 Å². The zero-order valence-corrected chi connectivity index (χ0v) is 22.9. The molecule has 1 atom stereocenters. The first-order valence-electron chi connectivity index (χ1n) is 12.0. The Morgan fingerprint density at radius 3 is 2.50 bits per heavy atom. The molecule has 0 radical (unpaired) electrons. The zero-order chi connectivity index (χ0) is 26.4. The van der Waals surface area contributed by atoms with Crippen molar-refractivity contribution in [1.82, 2.24) is 24.9 Å². The van der Waals surface area contributed by atoms with E-state index in [2.05, 4.69) is 29.6 Å². The fourth-order valence-corrected chi connectivity index (χ4v) is 4.72. The molecule has 2 N–H and O–H groups in total. The van der Waals surface area contributed by atoms with Crippen molar-refractivity contribution in [3.05, 3.63) is 58.4 Å².